The number of hydrogen-bond donors (Lipinski definition) is 1. The van der Waals surface area contributed by atoms with Crippen LogP contribution in [-0.2, 0) is 20.9 Å². The molecule has 0 aliphatic heterocycles. The van der Waals surface area contributed by atoms with Crippen molar-refractivity contribution in [3.05, 3.63) is 24.5 Å². The molecule has 24 heavy (non-hydrogen) atoms. The molecule has 1 aromatic rings. The molecule has 1 amide bonds. The minimum Gasteiger partial charge on any atom is -0.469 e. The SMILES string of the molecule is COC(=O)[C@H]1CC=CC[C@H]1C(=O)Nc1cnn(CCCCC#N)c1. The van der Waals surface area contributed by atoms with Gasteiger partial charge in [0.25, 0.3) is 0 Å². The minimum absolute atomic E-state index is 0.196. The summed E-state index contributed by atoms with van der Waals surface area (Å²) in [5.74, 6) is -1.42. The van der Waals surface area contributed by atoms with Gasteiger partial charge >= 0.3 is 5.97 Å². The molecule has 0 radical (unpaired) electrons. The summed E-state index contributed by atoms with van der Waals surface area (Å²) in [5.41, 5.74) is 0.610. The summed E-state index contributed by atoms with van der Waals surface area (Å²) in [6, 6.07) is 2.11. The molecule has 7 nitrogen and oxygen atoms in total. The van der Waals surface area contributed by atoms with Crippen LogP contribution in [0.25, 0.3) is 0 Å². The number of hydrogen-bond acceptors (Lipinski definition) is 5. The molecule has 0 bridgehead atoms. The van der Waals surface area contributed by atoms with E-state index >= 15 is 0 Å². The Bertz CT molecular complexity index is 645. The monoisotopic (exact) mass is 330 g/mol. The van der Waals surface area contributed by atoms with E-state index < -0.39 is 11.8 Å². The van der Waals surface area contributed by atoms with Crippen molar-refractivity contribution in [1.29, 1.82) is 5.26 Å². The normalized spacial score (nSPS) is 19.5. The molecule has 0 saturated carbocycles. The summed E-state index contributed by atoms with van der Waals surface area (Å²) in [7, 11) is 1.34. The second-order valence-corrected chi connectivity index (χ2v) is 5.78. The summed E-state index contributed by atoms with van der Waals surface area (Å²) in [6.45, 7) is 0.703. The van der Waals surface area contributed by atoms with Gasteiger partial charge in [0, 0.05) is 19.2 Å². The third-order valence-electron chi connectivity index (χ3n) is 4.10. The number of nitriles is 1. The average Bonchev–Trinajstić information content (AvgIpc) is 3.05. The van der Waals surface area contributed by atoms with Crippen LogP contribution >= 0.6 is 0 Å². The van der Waals surface area contributed by atoms with E-state index in [2.05, 4.69) is 16.5 Å². The molecule has 2 atom stereocenters. The fourth-order valence-corrected chi connectivity index (χ4v) is 2.78. The Morgan fingerprint density at radius 2 is 2.12 bits per heavy atom. The highest BCUT2D eigenvalue weighted by Gasteiger charge is 2.34. The predicted octanol–water partition coefficient (Wildman–Crippen LogP) is 2.27. The van der Waals surface area contributed by atoms with Crippen LogP contribution in [0.3, 0.4) is 0 Å². The van der Waals surface area contributed by atoms with Gasteiger partial charge < -0.3 is 10.1 Å². The highest BCUT2D eigenvalue weighted by molar-refractivity contribution is 5.95. The van der Waals surface area contributed by atoms with E-state index in [-0.39, 0.29) is 11.9 Å². The van der Waals surface area contributed by atoms with E-state index in [1.54, 1.807) is 17.1 Å². The summed E-state index contributed by atoms with van der Waals surface area (Å²) in [6.07, 6.45) is 10.4. The number of methoxy groups -OCH3 is 1. The average molecular weight is 330 g/mol. The van der Waals surface area contributed by atoms with Crippen molar-refractivity contribution >= 4 is 17.6 Å². The molecule has 0 spiro atoms. The number of aromatic nitrogens is 2. The van der Waals surface area contributed by atoms with Gasteiger partial charge in [-0.05, 0) is 25.7 Å². The number of nitrogens with zero attached hydrogens (tertiary/aromatic N) is 3. The molecule has 1 heterocycles. The molecule has 1 aliphatic carbocycles. The van der Waals surface area contributed by atoms with Gasteiger partial charge in [-0.1, -0.05) is 12.2 Å². The molecule has 0 aromatic carbocycles. The van der Waals surface area contributed by atoms with Crippen molar-refractivity contribution in [2.24, 2.45) is 11.8 Å². The number of ether oxygens (including phenoxy) is 1. The van der Waals surface area contributed by atoms with Gasteiger partial charge in [-0.25, -0.2) is 0 Å². The van der Waals surface area contributed by atoms with Gasteiger partial charge in [-0.3, -0.25) is 14.3 Å². The fourth-order valence-electron chi connectivity index (χ4n) is 2.78. The Hall–Kier alpha value is -2.62. The highest BCUT2D eigenvalue weighted by Crippen LogP contribution is 2.28. The Kier molecular flexibility index (Phi) is 6.55. The molecule has 0 saturated heterocycles. The Morgan fingerprint density at radius 3 is 2.83 bits per heavy atom. The molecular weight excluding hydrogens is 308 g/mol. The van der Waals surface area contributed by atoms with Gasteiger partial charge in [0.1, 0.15) is 0 Å². The number of anilines is 1. The zero-order valence-corrected chi connectivity index (χ0v) is 13.8. The first-order chi connectivity index (χ1) is 11.7. The van der Waals surface area contributed by atoms with Crippen molar-refractivity contribution < 1.29 is 14.3 Å². The van der Waals surface area contributed by atoms with Crippen LogP contribution in [-0.4, -0.2) is 28.8 Å². The molecule has 1 N–H and O–H groups in total. The van der Waals surface area contributed by atoms with Crippen molar-refractivity contribution in [3.8, 4) is 6.07 Å². The Balaban J connectivity index is 1.91. The van der Waals surface area contributed by atoms with Crippen LogP contribution in [0.1, 0.15) is 32.1 Å². The lowest BCUT2D eigenvalue weighted by Crippen LogP contribution is -2.35. The number of esters is 1. The summed E-state index contributed by atoms with van der Waals surface area (Å²) < 4.78 is 6.54. The first-order valence-corrected chi connectivity index (χ1v) is 8.08. The zero-order valence-electron chi connectivity index (χ0n) is 13.8. The van der Waals surface area contributed by atoms with E-state index in [0.717, 1.165) is 12.8 Å². The van der Waals surface area contributed by atoms with Crippen LogP contribution in [0.15, 0.2) is 24.5 Å². The first kappa shape index (κ1) is 17.7. The van der Waals surface area contributed by atoms with E-state index in [9.17, 15) is 9.59 Å². The summed E-state index contributed by atoms with van der Waals surface area (Å²) in [5, 5.41) is 15.5. The predicted molar refractivity (Wildman–Crippen MR) is 87.7 cm³/mol. The van der Waals surface area contributed by atoms with Crippen molar-refractivity contribution in [2.45, 2.75) is 38.6 Å². The van der Waals surface area contributed by atoms with Gasteiger partial charge in [-0.15, -0.1) is 0 Å². The molecule has 128 valence electrons. The van der Waals surface area contributed by atoms with E-state index in [1.807, 2.05) is 12.2 Å². The largest absolute Gasteiger partial charge is 0.469 e. The molecule has 0 unspecified atom stereocenters. The number of amides is 1. The van der Waals surface area contributed by atoms with Gasteiger partial charge in [0.05, 0.1) is 36.9 Å². The Morgan fingerprint density at radius 1 is 1.38 bits per heavy atom. The maximum Gasteiger partial charge on any atom is 0.309 e. The number of aryl methyl sites for hydroxylation is 1. The van der Waals surface area contributed by atoms with Crippen molar-refractivity contribution in [1.82, 2.24) is 9.78 Å². The minimum atomic E-state index is -0.443. The molecule has 1 aromatic heterocycles. The smallest absolute Gasteiger partial charge is 0.309 e. The quantitative estimate of drug-likeness (QED) is 0.470. The maximum absolute atomic E-state index is 12.5. The zero-order chi connectivity index (χ0) is 17.4. The summed E-state index contributed by atoms with van der Waals surface area (Å²) >= 11 is 0. The lowest BCUT2D eigenvalue weighted by atomic mass is 9.82. The first-order valence-electron chi connectivity index (χ1n) is 8.08. The third kappa shape index (κ3) is 4.69. The fraction of sp³-hybridized carbons (Fsp3) is 0.529. The van der Waals surface area contributed by atoms with Crippen molar-refractivity contribution in [2.75, 3.05) is 12.4 Å². The number of rotatable bonds is 7. The Labute approximate surface area is 141 Å². The molecule has 2 rings (SSSR count). The third-order valence-corrected chi connectivity index (χ3v) is 4.10. The molecule has 0 fully saturated rings. The molecular formula is C17H22N4O3. The number of unbranched alkanes of at least 4 members (excludes halogenated alkanes) is 2. The van der Waals surface area contributed by atoms with Gasteiger partial charge in [-0.2, -0.15) is 10.4 Å². The number of carbonyl (C=O) groups is 2. The van der Waals surface area contributed by atoms with Gasteiger partial charge in [0.2, 0.25) is 5.91 Å². The van der Waals surface area contributed by atoms with Crippen LogP contribution in [0, 0.1) is 23.2 Å². The molecule has 7 heteroatoms. The van der Waals surface area contributed by atoms with Crippen LogP contribution < -0.4 is 5.32 Å². The standard InChI is InChI=1S/C17H22N4O3/c1-24-17(23)15-8-4-3-7-14(15)16(22)20-13-11-19-21(12-13)10-6-2-5-9-18/h3-4,11-12,14-15H,2,5-8,10H2,1H3,(H,20,22)/t14-,15+/m1/s1. The number of nitrogens with one attached hydrogen (secondary N) is 1. The van der Waals surface area contributed by atoms with E-state index in [1.165, 1.54) is 7.11 Å². The number of allylic oxidation sites excluding steroid dienone is 2. The van der Waals surface area contributed by atoms with E-state index in [4.69, 9.17) is 10.00 Å². The number of carbonyl (C=O) groups excluding carboxylic acids is 2. The highest BCUT2D eigenvalue weighted by atomic mass is 16.5. The van der Waals surface area contributed by atoms with Crippen LogP contribution in [0.5, 0.6) is 0 Å². The molecule has 1 aliphatic rings. The van der Waals surface area contributed by atoms with Crippen LogP contribution in [0.2, 0.25) is 0 Å². The lowest BCUT2D eigenvalue weighted by Gasteiger charge is -2.25. The maximum atomic E-state index is 12.5. The van der Waals surface area contributed by atoms with Crippen LogP contribution in [0.4, 0.5) is 5.69 Å². The van der Waals surface area contributed by atoms with Crippen molar-refractivity contribution in [3.63, 3.8) is 0 Å². The lowest BCUT2D eigenvalue weighted by molar-refractivity contribution is -0.149. The van der Waals surface area contributed by atoms with E-state index in [0.29, 0.717) is 31.5 Å². The summed E-state index contributed by atoms with van der Waals surface area (Å²) in [4.78, 5) is 24.3. The second-order valence-electron chi connectivity index (χ2n) is 5.78. The topological polar surface area (TPSA) is 97.0 Å². The van der Waals surface area contributed by atoms with Gasteiger partial charge in [0.15, 0.2) is 0 Å². The second kappa shape index (κ2) is 8.87.